The first kappa shape index (κ1) is 25.5. The Balaban J connectivity index is 0.00000341. The Morgan fingerprint density at radius 3 is 2.84 bits per heavy atom. The van der Waals surface area contributed by atoms with Crippen LogP contribution in [0.4, 0.5) is 0 Å². The van der Waals surface area contributed by atoms with Gasteiger partial charge in [0.25, 0.3) is 0 Å². The van der Waals surface area contributed by atoms with E-state index in [9.17, 15) is 5.11 Å². The molecule has 0 radical (unpaired) electrons. The highest BCUT2D eigenvalue weighted by Crippen LogP contribution is 2.23. The van der Waals surface area contributed by atoms with Crippen molar-refractivity contribution in [3.05, 3.63) is 53.5 Å². The molecule has 1 aliphatic rings. The van der Waals surface area contributed by atoms with E-state index in [1.807, 2.05) is 26.0 Å². The summed E-state index contributed by atoms with van der Waals surface area (Å²) in [5.74, 6) is 1.97. The maximum atomic E-state index is 10.7. The number of hydrogen-bond acceptors (Lipinski definition) is 5. The number of nitrogens with zero attached hydrogens (tertiary/aromatic N) is 1. The number of halogens is 1. The predicted octanol–water partition coefficient (Wildman–Crippen LogP) is 3.73. The minimum atomic E-state index is -1.14. The van der Waals surface area contributed by atoms with E-state index in [0.717, 1.165) is 36.3 Å². The summed E-state index contributed by atoms with van der Waals surface area (Å²) in [6.07, 6.45) is 3.87. The zero-order chi connectivity index (χ0) is 21.4. The summed E-state index contributed by atoms with van der Waals surface area (Å²) < 4.78 is 17.1. The second-order valence-corrected chi connectivity index (χ2v) is 7.86. The molecule has 2 heterocycles. The molecule has 2 unspecified atom stereocenters. The summed E-state index contributed by atoms with van der Waals surface area (Å²) in [6.45, 7) is 8.58. The SMILES string of the molecule is CCNC(=NCc1ccc(C)cc1OCC1CCCO1)NCC(C)(O)c1ccco1.I. The number of benzene rings is 1. The van der Waals surface area contributed by atoms with Crippen LogP contribution in [0, 0.1) is 6.92 Å². The van der Waals surface area contributed by atoms with E-state index in [-0.39, 0.29) is 36.6 Å². The summed E-state index contributed by atoms with van der Waals surface area (Å²) in [4.78, 5) is 4.68. The first-order valence-electron chi connectivity index (χ1n) is 10.6. The number of aliphatic hydroxyl groups is 1. The number of ether oxygens (including phenoxy) is 2. The Morgan fingerprint density at radius 1 is 1.32 bits per heavy atom. The number of nitrogens with one attached hydrogen (secondary N) is 2. The van der Waals surface area contributed by atoms with E-state index in [4.69, 9.17) is 13.9 Å². The Labute approximate surface area is 201 Å². The Morgan fingerprint density at radius 2 is 2.16 bits per heavy atom. The molecule has 3 rings (SSSR count). The summed E-state index contributed by atoms with van der Waals surface area (Å²) in [5, 5.41) is 17.1. The maximum Gasteiger partial charge on any atom is 0.191 e. The van der Waals surface area contributed by atoms with Crippen molar-refractivity contribution in [2.75, 3.05) is 26.3 Å². The summed E-state index contributed by atoms with van der Waals surface area (Å²) in [7, 11) is 0. The van der Waals surface area contributed by atoms with Crippen molar-refractivity contribution in [2.24, 2.45) is 4.99 Å². The predicted molar refractivity (Wildman–Crippen MR) is 132 cm³/mol. The largest absolute Gasteiger partial charge is 0.491 e. The molecule has 1 aromatic heterocycles. The van der Waals surface area contributed by atoms with Crippen molar-refractivity contribution >= 4 is 29.9 Å². The fourth-order valence-corrected chi connectivity index (χ4v) is 3.32. The van der Waals surface area contributed by atoms with Gasteiger partial charge in [0.1, 0.15) is 23.7 Å². The van der Waals surface area contributed by atoms with Gasteiger partial charge in [0, 0.05) is 18.7 Å². The first-order valence-corrected chi connectivity index (χ1v) is 10.6. The molecule has 1 saturated heterocycles. The van der Waals surface area contributed by atoms with Crippen molar-refractivity contribution in [2.45, 2.75) is 51.9 Å². The van der Waals surface area contributed by atoms with Gasteiger partial charge in [-0.1, -0.05) is 12.1 Å². The third-order valence-electron chi connectivity index (χ3n) is 5.08. The zero-order valence-corrected chi connectivity index (χ0v) is 20.8. The topological polar surface area (TPSA) is 88.3 Å². The van der Waals surface area contributed by atoms with Gasteiger partial charge in [-0.3, -0.25) is 0 Å². The van der Waals surface area contributed by atoms with Gasteiger partial charge in [0.15, 0.2) is 5.96 Å². The fraction of sp³-hybridized carbons (Fsp3) is 0.522. The van der Waals surface area contributed by atoms with Gasteiger partial charge in [-0.15, -0.1) is 24.0 Å². The van der Waals surface area contributed by atoms with Crippen LogP contribution in [0.25, 0.3) is 0 Å². The van der Waals surface area contributed by atoms with E-state index in [1.165, 1.54) is 0 Å². The van der Waals surface area contributed by atoms with Crippen LogP contribution in [0.15, 0.2) is 46.0 Å². The van der Waals surface area contributed by atoms with Gasteiger partial charge in [-0.2, -0.15) is 0 Å². The van der Waals surface area contributed by atoms with Crippen molar-refractivity contribution in [1.82, 2.24) is 10.6 Å². The summed E-state index contributed by atoms with van der Waals surface area (Å²) in [5.41, 5.74) is 1.01. The third kappa shape index (κ3) is 7.69. The van der Waals surface area contributed by atoms with E-state index >= 15 is 0 Å². The molecule has 172 valence electrons. The fourth-order valence-electron chi connectivity index (χ4n) is 3.32. The molecule has 0 saturated carbocycles. The van der Waals surface area contributed by atoms with E-state index in [2.05, 4.69) is 21.7 Å². The molecule has 3 N–H and O–H groups in total. The van der Waals surface area contributed by atoms with Gasteiger partial charge in [-0.05, 0) is 57.4 Å². The highest BCUT2D eigenvalue weighted by Gasteiger charge is 2.26. The molecular weight excluding hydrogens is 509 g/mol. The van der Waals surface area contributed by atoms with Gasteiger partial charge >= 0.3 is 0 Å². The van der Waals surface area contributed by atoms with Crippen molar-refractivity contribution in [3.8, 4) is 5.75 Å². The average molecular weight is 543 g/mol. The van der Waals surface area contributed by atoms with Crippen molar-refractivity contribution in [1.29, 1.82) is 0 Å². The van der Waals surface area contributed by atoms with Gasteiger partial charge in [0.05, 0.1) is 25.5 Å². The van der Waals surface area contributed by atoms with E-state index < -0.39 is 5.60 Å². The molecule has 2 aromatic rings. The van der Waals surface area contributed by atoms with E-state index in [0.29, 0.717) is 31.4 Å². The summed E-state index contributed by atoms with van der Waals surface area (Å²) in [6, 6.07) is 9.67. The van der Waals surface area contributed by atoms with Crippen LogP contribution < -0.4 is 15.4 Å². The zero-order valence-electron chi connectivity index (χ0n) is 18.5. The minimum absolute atomic E-state index is 0. The lowest BCUT2D eigenvalue weighted by Crippen LogP contribution is -2.44. The molecule has 7 nitrogen and oxygen atoms in total. The number of aliphatic imine (C=N–C) groups is 1. The normalized spacial score (nSPS) is 18.2. The lowest BCUT2D eigenvalue weighted by atomic mass is 10.0. The lowest BCUT2D eigenvalue weighted by molar-refractivity contribution is 0.0386. The second kappa shape index (κ2) is 12.3. The maximum absolute atomic E-state index is 10.7. The lowest BCUT2D eigenvalue weighted by Gasteiger charge is -2.22. The van der Waals surface area contributed by atoms with Crippen LogP contribution in [0.2, 0.25) is 0 Å². The van der Waals surface area contributed by atoms with Crippen LogP contribution in [0.3, 0.4) is 0 Å². The number of hydrogen-bond donors (Lipinski definition) is 3. The van der Waals surface area contributed by atoms with Gasteiger partial charge in [-0.25, -0.2) is 4.99 Å². The summed E-state index contributed by atoms with van der Waals surface area (Å²) >= 11 is 0. The van der Waals surface area contributed by atoms with Crippen LogP contribution in [-0.4, -0.2) is 43.5 Å². The molecule has 8 heteroatoms. The van der Waals surface area contributed by atoms with Crippen LogP contribution >= 0.6 is 24.0 Å². The quantitative estimate of drug-likeness (QED) is 0.254. The smallest absolute Gasteiger partial charge is 0.191 e. The van der Waals surface area contributed by atoms with Gasteiger partial charge in [0.2, 0.25) is 0 Å². The number of aryl methyl sites for hydroxylation is 1. The molecule has 0 bridgehead atoms. The Hall–Kier alpha value is -1.78. The molecule has 1 aromatic carbocycles. The number of guanidine groups is 1. The molecule has 0 spiro atoms. The molecule has 0 amide bonds. The van der Waals surface area contributed by atoms with Crippen LogP contribution in [0.1, 0.15) is 43.6 Å². The monoisotopic (exact) mass is 543 g/mol. The molecule has 0 aliphatic carbocycles. The Bertz CT molecular complexity index is 818. The average Bonchev–Trinajstić information content (AvgIpc) is 3.44. The highest BCUT2D eigenvalue weighted by molar-refractivity contribution is 14.0. The van der Waals surface area contributed by atoms with Crippen LogP contribution in [0.5, 0.6) is 5.75 Å². The molecule has 1 aliphatic heterocycles. The molecule has 2 atom stereocenters. The third-order valence-corrected chi connectivity index (χ3v) is 5.08. The Kier molecular flexibility index (Phi) is 10.1. The highest BCUT2D eigenvalue weighted by atomic mass is 127. The number of rotatable bonds is 9. The standard InChI is InChI=1S/C23H33N3O4.HI/c1-4-24-22(26-16-23(3,27)21-8-6-12-29-21)25-14-18-10-9-17(2)13-20(18)30-15-19-7-5-11-28-19;/h6,8-10,12-13,19,27H,4-5,7,11,14-16H2,1-3H3,(H2,24,25,26);1H. The second-order valence-electron chi connectivity index (χ2n) is 7.86. The van der Waals surface area contributed by atoms with Crippen LogP contribution in [-0.2, 0) is 16.9 Å². The van der Waals surface area contributed by atoms with Crippen molar-refractivity contribution < 1.29 is 19.0 Å². The van der Waals surface area contributed by atoms with Crippen molar-refractivity contribution in [3.63, 3.8) is 0 Å². The molecule has 31 heavy (non-hydrogen) atoms. The molecular formula is C23H34IN3O4. The first-order chi connectivity index (χ1) is 14.5. The molecule has 1 fully saturated rings. The number of furan rings is 1. The van der Waals surface area contributed by atoms with Gasteiger partial charge < -0.3 is 29.6 Å². The minimum Gasteiger partial charge on any atom is -0.491 e. The van der Waals surface area contributed by atoms with E-state index in [1.54, 1.807) is 25.3 Å².